The largest absolute Gasteiger partial charge is 0.368 e. The molecule has 3 N–H and O–H groups in total. The third-order valence-corrected chi connectivity index (χ3v) is 5.86. The molecule has 0 unspecified atom stereocenters. The van der Waals surface area contributed by atoms with Crippen molar-refractivity contribution >= 4 is 34.2 Å². The zero-order valence-electron chi connectivity index (χ0n) is 16.8. The Kier molecular flexibility index (Phi) is 5.74. The second-order valence-corrected chi connectivity index (χ2v) is 7.95. The second-order valence-electron chi connectivity index (χ2n) is 7.55. The van der Waals surface area contributed by atoms with Gasteiger partial charge in [-0.15, -0.1) is 0 Å². The summed E-state index contributed by atoms with van der Waals surface area (Å²) in [6.45, 7) is 6.13. The minimum absolute atomic E-state index is 0.0446. The first-order valence-electron chi connectivity index (χ1n) is 10.0. The maximum absolute atomic E-state index is 12.1. The number of primary amides is 1. The smallest absolute Gasteiger partial charge is 0.251 e. The Morgan fingerprint density at radius 3 is 2.63 bits per heavy atom. The number of anilines is 1. The van der Waals surface area contributed by atoms with Crippen LogP contribution in [0.4, 0.5) is 5.69 Å². The molecule has 3 aromatic rings. The van der Waals surface area contributed by atoms with E-state index in [1.165, 1.54) is 0 Å². The fraction of sp³-hybridized carbons (Fsp3) is 0.318. The number of aromatic amines is 1. The number of halogens is 1. The van der Waals surface area contributed by atoms with E-state index in [2.05, 4.69) is 19.8 Å². The molecule has 0 bridgehead atoms. The van der Waals surface area contributed by atoms with Crippen molar-refractivity contribution in [3.8, 4) is 0 Å². The van der Waals surface area contributed by atoms with E-state index in [-0.39, 0.29) is 5.56 Å². The van der Waals surface area contributed by atoms with Crippen molar-refractivity contribution in [3.63, 3.8) is 0 Å². The molecule has 1 aliphatic heterocycles. The van der Waals surface area contributed by atoms with Crippen molar-refractivity contribution in [2.24, 2.45) is 5.73 Å². The zero-order valence-corrected chi connectivity index (χ0v) is 17.6. The number of nitrogens with zero attached hydrogens (tertiary/aromatic N) is 3. The second kappa shape index (κ2) is 8.45. The SMILES string of the molecule is CCc1cc2ncc(CN3CCN(c4ccc(C(N)=O)cc4Cl)CC3)cc2[nH]c1=O. The normalized spacial score (nSPS) is 14.9. The molecule has 0 aliphatic carbocycles. The van der Waals surface area contributed by atoms with E-state index in [0.29, 0.717) is 17.0 Å². The van der Waals surface area contributed by atoms with Gasteiger partial charge < -0.3 is 15.6 Å². The van der Waals surface area contributed by atoms with Gasteiger partial charge in [0.15, 0.2) is 0 Å². The number of nitrogens with two attached hydrogens (primary N) is 1. The van der Waals surface area contributed by atoms with Crippen molar-refractivity contribution in [3.05, 3.63) is 68.6 Å². The molecule has 0 saturated carbocycles. The van der Waals surface area contributed by atoms with E-state index < -0.39 is 5.91 Å². The first-order chi connectivity index (χ1) is 14.4. The van der Waals surface area contributed by atoms with E-state index in [9.17, 15) is 9.59 Å². The standard InChI is InChI=1S/C22H24ClN5O2/c1-2-15-11-18-19(26-22(15)30)9-14(12-25-18)13-27-5-7-28(8-6-27)20-4-3-16(21(24)29)10-17(20)23/h3-4,9-12H,2,5-8,13H2,1H3,(H2,24,29)(H,26,30). The molecule has 3 heterocycles. The predicted octanol–water partition coefficient (Wildman–Crippen LogP) is 2.56. The highest BCUT2D eigenvalue weighted by atomic mass is 35.5. The highest BCUT2D eigenvalue weighted by molar-refractivity contribution is 6.33. The van der Waals surface area contributed by atoms with Crippen LogP contribution in [0.25, 0.3) is 11.0 Å². The average Bonchev–Trinajstić information content (AvgIpc) is 2.74. The van der Waals surface area contributed by atoms with Gasteiger partial charge in [0.05, 0.1) is 21.7 Å². The molecule has 0 atom stereocenters. The lowest BCUT2D eigenvalue weighted by Crippen LogP contribution is -2.46. The third-order valence-electron chi connectivity index (χ3n) is 5.56. The summed E-state index contributed by atoms with van der Waals surface area (Å²) in [5.74, 6) is -0.482. The molecule has 7 nitrogen and oxygen atoms in total. The number of benzene rings is 1. The van der Waals surface area contributed by atoms with Crippen LogP contribution in [0.2, 0.25) is 5.02 Å². The topological polar surface area (TPSA) is 95.3 Å². The van der Waals surface area contributed by atoms with Gasteiger partial charge >= 0.3 is 0 Å². The summed E-state index contributed by atoms with van der Waals surface area (Å²) in [5, 5.41) is 0.536. The van der Waals surface area contributed by atoms with Crippen LogP contribution in [0.3, 0.4) is 0 Å². The molecule has 1 saturated heterocycles. The lowest BCUT2D eigenvalue weighted by atomic mass is 10.1. The number of piperazine rings is 1. The van der Waals surface area contributed by atoms with E-state index in [1.54, 1.807) is 12.1 Å². The minimum atomic E-state index is -0.482. The molecule has 0 spiro atoms. The average molecular weight is 426 g/mol. The number of fused-ring (bicyclic) bond motifs is 1. The van der Waals surface area contributed by atoms with Gasteiger partial charge in [0, 0.05) is 50.0 Å². The molecule has 4 rings (SSSR count). The van der Waals surface area contributed by atoms with Crippen LogP contribution >= 0.6 is 11.6 Å². The summed E-state index contributed by atoms with van der Waals surface area (Å²) >= 11 is 6.36. The van der Waals surface area contributed by atoms with Crippen LogP contribution in [-0.2, 0) is 13.0 Å². The number of rotatable bonds is 5. The quantitative estimate of drug-likeness (QED) is 0.655. The van der Waals surface area contributed by atoms with Crippen LogP contribution in [0.1, 0.15) is 28.4 Å². The van der Waals surface area contributed by atoms with Crippen LogP contribution in [0.15, 0.2) is 41.3 Å². The van der Waals surface area contributed by atoms with Gasteiger partial charge in [0.25, 0.3) is 5.56 Å². The number of nitrogens with one attached hydrogen (secondary N) is 1. The molecule has 156 valence electrons. The van der Waals surface area contributed by atoms with Crippen LogP contribution in [0, 0.1) is 0 Å². The van der Waals surface area contributed by atoms with E-state index in [1.807, 2.05) is 31.3 Å². The van der Waals surface area contributed by atoms with Crippen molar-refractivity contribution in [2.75, 3.05) is 31.1 Å². The Labute approximate surface area is 179 Å². The first kappa shape index (κ1) is 20.4. The molecule has 1 amide bonds. The highest BCUT2D eigenvalue weighted by Crippen LogP contribution is 2.28. The number of aromatic nitrogens is 2. The van der Waals surface area contributed by atoms with Gasteiger partial charge in [-0.3, -0.25) is 19.5 Å². The number of carbonyl (C=O) groups excluding carboxylic acids is 1. The Bertz CT molecular complexity index is 1150. The number of pyridine rings is 2. The number of H-pyrrole nitrogens is 1. The zero-order chi connectivity index (χ0) is 21.3. The molecule has 2 aromatic heterocycles. The number of hydrogen-bond donors (Lipinski definition) is 2. The molecule has 1 fully saturated rings. The van der Waals surface area contributed by atoms with Gasteiger partial charge in [-0.2, -0.15) is 0 Å². The fourth-order valence-corrected chi connectivity index (χ4v) is 4.14. The first-order valence-corrected chi connectivity index (χ1v) is 10.4. The Morgan fingerprint density at radius 2 is 1.97 bits per heavy atom. The Balaban J connectivity index is 1.42. The molecular formula is C22H24ClN5O2. The van der Waals surface area contributed by atoms with Gasteiger partial charge in [-0.25, -0.2) is 0 Å². The monoisotopic (exact) mass is 425 g/mol. The molecule has 1 aliphatic rings. The van der Waals surface area contributed by atoms with Crippen molar-refractivity contribution in [1.29, 1.82) is 0 Å². The summed E-state index contributed by atoms with van der Waals surface area (Å²) in [7, 11) is 0. The maximum atomic E-state index is 12.1. The van der Waals surface area contributed by atoms with Gasteiger partial charge in [-0.1, -0.05) is 18.5 Å². The molecule has 30 heavy (non-hydrogen) atoms. The van der Waals surface area contributed by atoms with E-state index >= 15 is 0 Å². The number of amides is 1. The fourth-order valence-electron chi connectivity index (χ4n) is 3.84. The Hall–Kier alpha value is -2.90. The predicted molar refractivity (Wildman–Crippen MR) is 119 cm³/mol. The molecule has 1 aromatic carbocycles. The molecular weight excluding hydrogens is 402 g/mol. The number of carbonyl (C=O) groups is 1. The maximum Gasteiger partial charge on any atom is 0.251 e. The minimum Gasteiger partial charge on any atom is -0.368 e. The van der Waals surface area contributed by atoms with Crippen molar-refractivity contribution in [1.82, 2.24) is 14.9 Å². The number of hydrogen-bond acceptors (Lipinski definition) is 5. The van der Waals surface area contributed by atoms with Crippen molar-refractivity contribution in [2.45, 2.75) is 19.9 Å². The highest BCUT2D eigenvalue weighted by Gasteiger charge is 2.20. The third kappa shape index (κ3) is 4.17. The van der Waals surface area contributed by atoms with E-state index in [0.717, 1.165) is 60.6 Å². The lowest BCUT2D eigenvalue weighted by molar-refractivity contribution is 0.100. The van der Waals surface area contributed by atoms with Crippen LogP contribution < -0.4 is 16.2 Å². The van der Waals surface area contributed by atoms with Crippen LogP contribution in [0.5, 0.6) is 0 Å². The van der Waals surface area contributed by atoms with Crippen LogP contribution in [-0.4, -0.2) is 47.0 Å². The van der Waals surface area contributed by atoms with Gasteiger partial charge in [-0.05, 0) is 42.3 Å². The summed E-state index contributed by atoms with van der Waals surface area (Å²) in [6, 6.07) is 9.06. The number of aryl methyl sites for hydroxylation is 1. The summed E-state index contributed by atoms with van der Waals surface area (Å²) < 4.78 is 0. The summed E-state index contributed by atoms with van der Waals surface area (Å²) in [6.07, 6.45) is 2.57. The van der Waals surface area contributed by atoms with Gasteiger partial charge in [0.2, 0.25) is 5.91 Å². The molecule has 8 heteroatoms. The summed E-state index contributed by atoms with van der Waals surface area (Å²) in [5.41, 5.74) is 10.0. The summed E-state index contributed by atoms with van der Waals surface area (Å²) in [4.78, 5) is 35.4. The van der Waals surface area contributed by atoms with E-state index in [4.69, 9.17) is 17.3 Å². The van der Waals surface area contributed by atoms with Crippen molar-refractivity contribution < 1.29 is 4.79 Å². The Morgan fingerprint density at radius 1 is 1.20 bits per heavy atom. The lowest BCUT2D eigenvalue weighted by Gasteiger charge is -2.36. The molecule has 0 radical (unpaired) electrons. The van der Waals surface area contributed by atoms with Gasteiger partial charge in [0.1, 0.15) is 0 Å².